The van der Waals surface area contributed by atoms with E-state index in [9.17, 15) is 18.6 Å². The quantitative estimate of drug-likeness (QED) is 0.310. The lowest BCUT2D eigenvalue weighted by atomic mass is 9.94. The Kier molecular flexibility index (Phi) is 9.44. The Balaban J connectivity index is 2.17. The fourth-order valence-corrected chi connectivity index (χ4v) is 3.58. The fourth-order valence-electron chi connectivity index (χ4n) is 3.16. The summed E-state index contributed by atoms with van der Waals surface area (Å²) >= 11 is 0. The van der Waals surface area contributed by atoms with E-state index in [1.54, 1.807) is 0 Å². The van der Waals surface area contributed by atoms with Crippen molar-refractivity contribution in [2.45, 2.75) is 78.6 Å². The Bertz CT molecular complexity index is 651. The molecule has 150 valence electrons. The second-order valence-corrected chi connectivity index (χ2v) is 8.80. The third-order valence-corrected chi connectivity index (χ3v) is 5.58. The first-order chi connectivity index (χ1) is 12.1. The van der Waals surface area contributed by atoms with Gasteiger partial charge in [0.1, 0.15) is 11.5 Å². The molecule has 6 heteroatoms. The van der Waals surface area contributed by atoms with Gasteiger partial charge in [-0.25, -0.2) is 0 Å². The van der Waals surface area contributed by atoms with E-state index in [2.05, 4.69) is 0 Å². The largest absolute Gasteiger partial charge is 0.507 e. The van der Waals surface area contributed by atoms with Crippen molar-refractivity contribution in [1.82, 2.24) is 0 Å². The van der Waals surface area contributed by atoms with E-state index >= 15 is 0 Å². The third-order valence-electron chi connectivity index (χ3n) is 4.99. The lowest BCUT2D eigenvalue weighted by Gasteiger charge is -2.15. The van der Waals surface area contributed by atoms with Crippen molar-refractivity contribution in [3.05, 3.63) is 22.3 Å². The second kappa shape index (κ2) is 10.8. The minimum atomic E-state index is -3.30. The Morgan fingerprint density at radius 1 is 0.731 bits per heavy atom. The van der Waals surface area contributed by atoms with Gasteiger partial charge in [-0.3, -0.25) is 4.18 Å². The molecule has 0 atom stereocenters. The number of hydrogen-bond donors (Lipinski definition) is 2. The van der Waals surface area contributed by atoms with Crippen LogP contribution >= 0.6 is 0 Å². The Morgan fingerprint density at radius 2 is 1.19 bits per heavy atom. The molecule has 0 aliphatic heterocycles. The molecule has 2 N–H and O–H groups in total. The molecule has 0 radical (unpaired) electrons. The van der Waals surface area contributed by atoms with Gasteiger partial charge in [-0.2, -0.15) is 8.42 Å². The number of unbranched alkanes of at least 4 members (excludes halogenated alkanes) is 7. The predicted molar refractivity (Wildman–Crippen MR) is 105 cm³/mol. The van der Waals surface area contributed by atoms with Gasteiger partial charge in [-0.1, -0.05) is 38.5 Å². The van der Waals surface area contributed by atoms with Crippen molar-refractivity contribution >= 4 is 10.1 Å². The molecule has 0 bridgehead atoms. The van der Waals surface area contributed by atoms with Gasteiger partial charge in [0.25, 0.3) is 10.1 Å². The van der Waals surface area contributed by atoms with Gasteiger partial charge in [0.2, 0.25) is 0 Å². The smallest absolute Gasteiger partial charge is 0.264 e. The predicted octanol–water partition coefficient (Wildman–Crippen LogP) is 4.66. The maximum Gasteiger partial charge on any atom is 0.264 e. The zero-order valence-corrected chi connectivity index (χ0v) is 17.4. The summed E-state index contributed by atoms with van der Waals surface area (Å²) in [6, 6.07) is 0. The van der Waals surface area contributed by atoms with Crippen molar-refractivity contribution in [2.24, 2.45) is 0 Å². The fraction of sp³-hybridized carbons (Fsp3) is 0.700. The standard InChI is InChI=1S/C20H34O5S/c1-15-16(2)20(22)18(17(3)19(15)21)13-11-9-7-5-6-8-10-12-14-25-26(4,23)24/h21-22H,5-14H2,1-4H3. The monoisotopic (exact) mass is 386 g/mol. The van der Waals surface area contributed by atoms with Crippen LogP contribution in [0, 0.1) is 20.8 Å². The molecule has 0 heterocycles. The maximum absolute atomic E-state index is 10.8. The first-order valence-corrected chi connectivity index (χ1v) is 11.3. The van der Waals surface area contributed by atoms with Crippen LogP contribution in [0.2, 0.25) is 0 Å². The van der Waals surface area contributed by atoms with Gasteiger partial charge in [0.05, 0.1) is 12.9 Å². The van der Waals surface area contributed by atoms with Gasteiger partial charge >= 0.3 is 0 Å². The van der Waals surface area contributed by atoms with Crippen LogP contribution in [0.3, 0.4) is 0 Å². The molecule has 1 aromatic carbocycles. The minimum Gasteiger partial charge on any atom is -0.507 e. The highest BCUT2D eigenvalue weighted by atomic mass is 32.2. The second-order valence-electron chi connectivity index (χ2n) is 7.16. The SMILES string of the molecule is Cc1c(C)c(O)c(CCCCCCCCCCOS(C)(=O)=O)c(C)c1O. The summed E-state index contributed by atoms with van der Waals surface area (Å²) in [4.78, 5) is 0. The summed E-state index contributed by atoms with van der Waals surface area (Å²) in [6.45, 7) is 5.82. The van der Waals surface area contributed by atoms with Crippen molar-refractivity contribution in [2.75, 3.05) is 12.9 Å². The Hall–Kier alpha value is -1.27. The van der Waals surface area contributed by atoms with E-state index < -0.39 is 10.1 Å². The van der Waals surface area contributed by atoms with E-state index in [4.69, 9.17) is 4.18 Å². The van der Waals surface area contributed by atoms with Gasteiger partial charge in [-0.15, -0.1) is 0 Å². The molecule has 0 aliphatic carbocycles. The first-order valence-electron chi connectivity index (χ1n) is 9.50. The molecule has 0 aliphatic rings. The van der Waals surface area contributed by atoms with E-state index in [0.717, 1.165) is 86.3 Å². The maximum atomic E-state index is 10.8. The zero-order valence-electron chi connectivity index (χ0n) is 16.6. The number of benzene rings is 1. The zero-order chi connectivity index (χ0) is 19.7. The number of phenols is 2. The molecule has 0 spiro atoms. The number of aromatic hydroxyl groups is 2. The molecular weight excluding hydrogens is 352 g/mol. The first kappa shape index (κ1) is 22.8. The number of rotatable bonds is 12. The number of phenolic OH excluding ortho intramolecular Hbond substituents is 2. The molecule has 1 rings (SSSR count). The molecule has 0 saturated carbocycles. The lowest BCUT2D eigenvalue weighted by molar-refractivity contribution is 0.309. The Morgan fingerprint density at radius 3 is 1.73 bits per heavy atom. The molecule has 5 nitrogen and oxygen atoms in total. The van der Waals surface area contributed by atoms with Crippen LogP contribution in [0.15, 0.2) is 0 Å². The van der Waals surface area contributed by atoms with E-state index in [-0.39, 0.29) is 6.61 Å². The van der Waals surface area contributed by atoms with E-state index in [0.29, 0.717) is 11.5 Å². The summed E-state index contributed by atoms with van der Waals surface area (Å²) in [6.07, 6.45) is 10.3. The molecule has 0 amide bonds. The van der Waals surface area contributed by atoms with Crippen molar-refractivity contribution in [3.63, 3.8) is 0 Å². The molecular formula is C20H34O5S. The number of hydrogen-bond acceptors (Lipinski definition) is 5. The summed E-state index contributed by atoms with van der Waals surface area (Å²) in [5.74, 6) is 0.629. The summed E-state index contributed by atoms with van der Waals surface area (Å²) < 4.78 is 26.3. The van der Waals surface area contributed by atoms with Crippen LogP contribution < -0.4 is 0 Å². The average molecular weight is 387 g/mol. The van der Waals surface area contributed by atoms with Crippen LogP contribution in [0.25, 0.3) is 0 Å². The van der Waals surface area contributed by atoms with Gasteiger partial charge in [0.15, 0.2) is 0 Å². The minimum absolute atomic E-state index is 0.282. The van der Waals surface area contributed by atoms with Crippen molar-refractivity contribution < 1.29 is 22.8 Å². The van der Waals surface area contributed by atoms with Crippen LogP contribution in [-0.2, 0) is 20.7 Å². The normalized spacial score (nSPS) is 11.8. The topological polar surface area (TPSA) is 83.8 Å². The summed E-state index contributed by atoms with van der Waals surface area (Å²) in [5, 5.41) is 20.5. The molecule has 1 aromatic rings. The van der Waals surface area contributed by atoms with Gasteiger partial charge in [-0.05, 0) is 56.7 Å². The van der Waals surface area contributed by atoms with Crippen LogP contribution in [-0.4, -0.2) is 31.5 Å². The molecule has 26 heavy (non-hydrogen) atoms. The molecule has 0 unspecified atom stereocenters. The third kappa shape index (κ3) is 7.54. The summed E-state index contributed by atoms with van der Waals surface area (Å²) in [7, 11) is -3.30. The highest BCUT2D eigenvalue weighted by Gasteiger charge is 2.15. The molecule has 0 aromatic heterocycles. The van der Waals surface area contributed by atoms with Gasteiger partial charge in [0, 0.05) is 5.56 Å². The molecule has 0 fully saturated rings. The van der Waals surface area contributed by atoms with E-state index in [1.807, 2.05) is 20.8 Å². The molecule has 0 saturated heterocycles. The van der Waals surface area contributed by atoms with Crippen molar-refractivity contribution in [1.29, 1.82) is 0 Å². The van der Waals surface area contributed by atoms with Crippen molar-refractivity contribution in [3.8, 4) is 11.5 Å². The lowest BCUT2D eigenvalue weighted by Crippen LogP contribution is -2.03. The van der Waals surface area contributed by atoms with Gasteiger partial charge < -0.3 is 10.2 Å². The van der Waals surface area contributed by atoms with Crippen LogP contribution in [0.5, 0.6) is 11.5 Å². The van der Waals surface area contributed by atoms with Crippen LogP contribution in [0.1, 0.15) is 73.6 Å². The van der Waals surface area contributed by atoms with E-state index in [1.165, 1.54) is 0 Å². The summed E-state index contributed by atoms with van der Waals surface area (Å²) in [5.41, 5.74) is 3.19. The highest BCUT2D eigenvalue weighted by Crippen LogP contribution is 2.37. The average Bonchev–Trinajstić information content (AvgIpc) is 2.57. The highest BCUT2D eigenvalue weighted by molar-refractivity contribution is 7.85. The van der Waals surface area contributed by atoms with Crippen LogP contribution in [0.4, 0.5) is 0 Å². The Labute approximate surface area is 158 Å².